The maximum Gasteiger partial charge on any atom is 0.358 e. The Hall–Kier alpha value is -1.95. The number of thiazole rings is 1. The summed E-state index contributed by atoms with van der Waals surface area (Å²) in [5.41, 5.74) is 0.809. The molecule has 0 atom stereocenters. The van der Waals surface area contributed by atoms with Gasteiger partial charge in [0, 0.05) is 12.5 Å². The lowest BCUT2D eigenvalue weighted by Gasteiger charge is -1.98. The fourth-order valence-corrected chi connectivity index (χ4v) is 2.34. The Balaban J connectivity index is 2.45. The summed E-state index contributed by atoms with van der Waals surface area (Å²) >= 11 is 1.16. The van der Waals surface area contributed by atoms with Gasteiger partial charge in [-0.25, -0.2) is 9.78 Å². The number of Topliss-reactive ketones (excluding diaryl/α,β-unsaturated/α-hetero) is 1. The quantitative estimate of drug-likeness (QED) is 0.628. The van der Waals surface area contributed by atoms with Crippen LogP contribution in [0.25, 0.3) is 10.6 Å². The molecule has 0 unspecified atom stereocenters. The molecule has 0 saturated carbocycles. The summed E-state index contributed by atoms with van der Waals surface area (Å²) in [7, 11) is 0. The highest BCUT2D eigenvalue weighted by Gasteiger charge is 2.22. The summed E-state index contributed by atoms with van der Waals surface area (Å²) in [6.45, 7) is 3.35. The van der Waals surface area contributed by atoms with Crippen molar-refractivity contribution in [1.29, 1.82) is 0 Å². The Morgan fingerprint density at radius 2 is 2.28 bits per heavy atom. The first kappa shape index (κ1) is 12.5. The van der Waals surface area contributed by atoms with Crippen molar-refractivity contribution in [3.05, 3.63) is 29.2 Å². The molecule has 2 aromatic rings. The van der Waals surface area contributed by atoms with Crippen molar-refractivity contribution in [2.24, 2.45) is 0 Å². The molecule has 0 amide bonds. The molecule has 0 aliphatic carbocycles. The zero-order chi connectivity index (χ0) is 13.1. The van der Waals surface area contributed by atoms with E-state index >= 15 is 0 Å². The van der Waals surface area contributed by atoms with Gasteiger partial charge in [-0.3, -0.25) is 4.79 Å². The lowest BCUT2D eigenvalue weighted by atomic mass is 10.3. The van der Waals surface area contributed by atoms with Gasteiger partial charge in [-0.2, -0.15) is 0 Å². The van der Waals surface area contributed by atoms with Crippen molar-refractivity contribution < 1.29 is 18.7 Å². The molecule has 0 aromatic carbocycles. The molecule has 0 bridgehead atoms. The van der Waals surface area contributed by atoms with E-state index in [0.717, 1.165) is 16.9 Å². The molecule has 2 rings (SSSR count). The molecular weight excluding hydrogens is 254 g/mol. The number of ether oxygens (including phenoxy) is 1. The third kappa shape index (κ3) is 2.33. The maximum atomic E-state index is 11.7. The molecule has 94 valence electrons. The lowest BCUT2D eigenvalue weighted by molar-refractivity contribution is 0.0517. The highest BCUT2D eigenvalue weighted by molar-refractivity contribution is 7.17. The SMILES string of the molecule is CCOC(=O)c1nc(-c2ccoc2)sc1C(C)=O. The Morgan fingerprint density at radius 3 is 2.83 bits per heavy atom. The van der Waals surface area contributed by atoms with Gasteiger partial charge in [-0.15, -0.1) is 11.3 Å². The molecule has 5 nitrogen and oxygen atoms in total. The van der Waals surface area contributed by atoms with Crippen LogP contribution in [-0.2, 0) is 4.74 Å². The van der Waals surface area contributed by atoms with Crippen LogP contribution >= 0.6 is 11.3 Å². The number of ketones is 1. The number of aromatic nitrogens is 1. The summed E-state index contributed by atoms with van der Waals surface area (Å²) < 4.78 is 9.83. The van der Waals surface area contributed by atoms with E-state index in [1.807, 2.05) is 0 Å². The van der Waals surface area contributed by atoms with Gasteiger partial charge in [-0.05, 0) is 13.0 Å². The molecule has 2 aromatic heterocycles. The summed E-state index contributed by atoms with van der Waals surface area (Å²) in [6, 6.07) is 1.72. The number of carbonyl (C=O) groups excluding carboxylic acids is 2. The molecular formula is C12H11NO4S. The van der Waals surface area contributed by atoms with Crippen LogP contribution in [0, 0.1) is 0 Å². The molecule has 0 N–H and O–H groups in total. The number of esters is 1. The van der Waals surface area contributed by atoms with Crippen LogP contribution in [0.4, 0.5) is 0 Å². The molecule has 18 heavy (non-hydrogen) atoms. The second-order valence-electron chi connectivity index (χ2n) is 3.49. The predicted octanol–water partition coefficient (Wildman–Crippen LogP) is 2.78. The fraction of sp³-hybridized carbons (Fsp3) is 0.250. The standard InChI is InChI=1S/C12H11NO4S/c1-3-17-12(15)9-10(7(2)14)18-11(13-9)8-4-5-16-6-8/h4-6H,3H2,1-2H3. The Labute approximate surface area is 107 Å². The van der Waals surface area contributed by atoms with Crippen LogP contribution in [0.2, 0.25) is 0 Å². The third-order valence-corrected chi connectivity index (χ3v) is 3.39. The minimum absolute atomic E-state index is 0.0746. The highest BCUT2D eigenvalue weighted by atomic mass is 32.1. The number of nitrogens with zero attached hydrogens (tertiary/aromatic N) is 1. The zero-order valence-corrected chi connectivity index (χ0v) is 10.7. The topological polar surface area (TPSA) is 69.4 Å². The van der Waals surface area contributed by atoms with E-state index in [4.69, 9.17) is 9.15 Å². The van der Waals surface area contributed by atoms with Gasteiger partial charge < -0.3 is 9.15 Å². The highest BCUT2D eigenvalue weighted by Crippen LogP contribution is 2.29. The monoisotopic (exact) mass is 265 g/mol. The summed E-state index contributed by atoms with van der Waals surface area (Å²) in [5, 5.41) is 0.567. The van der Waals surface area contributed by atoms with Crippen LogP contribution in [0.3, 0.4) is 0 Å². The first-order chi connectivity index (χ1) is 8.63. The van der Waals surface area contributed by atoms with Gasteiger partial charge in [0.05, 0.1) is 12.9 Å². The molecule has 6 heteroatoms. The van der Waals surface area contributed by atoms with Crippen molar-refractivity contribution >= 4 is 23.1 Å². The Bertz CT molecular complexity index is 571. The van der Waals surface area contributed by atoms with Crippen LogP contribution in [0.15, 0.2) is 23.0 Å². The third-order valence-electron chi connectivity index (χ3n) is 2.18. The molecule has 0 aliphatic heterocycles. The number of hydrogen-bond acceptors (Lipinski definition) is 6. The van der Waals surface area contributed by atoms with Crippen molar-refractivity contribution in [3.63, 3.8) is 0 Å². The minimum atomic E-state index is -0.575. The van der Waals surface area contributed by atoms with Gasteiger partial charge in [0.15, 0.2) is 11.5 Å². The van der Waals surface area contributed by atoms with E-state index in [9.17, 15) is 9.59 Å². The average molecular weight is 265 g/mol. The maximum absolute atomic E-state index is 11.7. The number of rotatable bonds is 4. The molecule has 0 aliphatic rings. The first-order valence-corrected chi connectivity index (χ1v) is 6.16. The Kier molecular flexibility index (Phi) is 3.57. The van der Waals surface area contributed by atoms with Gasteiger partial charge >= 0.3 is 5.97 Å². The predicted molar refractivity (Wildman–Crippen MR) is 65.8 cm³/mol. The first-order valence-electron chi connectivity index (χ1n) is 5.35. The van der Waals surface area contributed by atoms with Crippen LogP contribution in [0.5, 0.6) is 0 Å². The second-order valence-corrected chi connectivity index (χ2v) is 4.48. The minimum Gasteiger partial charge on any atom is -0.472 e. The van der Waals surface area contributed by atoms with Crippen molar-refractivity contribution in [1.82, 2.24) is 4.98 Å². The number of carbonyl (C=O) groups is 2. The van der Waals surface area contributed by atoms with E-state index in [0.29, 0.717) is 9.88 Å². The molecule has 0 spiro atoms. The summed E-state index contributed by atoms with van der Waals surface area (Å²) in [4.78, 5) is 27.7. The molecule has 0 fully saturated rings. The van der Waals surface area contributed by atoms with Crippen molar-refractivity contribution in [2.45, 2.75) is 13.8 Å². The van der Waals surface area contributed by atoms with Gasteiger partial charge in [0.25, 0.3) is 0 Å². The Morgan fingerprint density at radius 1 is 1.50 bits per heavy atom. The summed E-state index contributed by atoms with van der Waals surface area (Å²) in [5.74, 6) is -0.779. The van der Waals surface area contributed by atoms with E-state index in [2.05, 4.69) is 4.98 Å². The van der Waals surface area contributed by atoms with E-state index in [1.54, 1.807) is 13.0 Å². The molecule has 0 radical (unpaired) electrons. The number of furan rings is 1. The van der Waals surface area contributed by atoms with Gasteiger partial charge in [-0.1, -0.05) is 0 Å². The number of hydrogen-bond donors (Lipinski definition) is 0. The normalized spacial score (nSPS) is 10.3. The average Bonchev–Trinajstić information content (AvgIpc) is 2.98. The van der Waals surface area contributed by atoms with Crippen LogP contribution < -0.4 is 0 Å². The van der Waals surface area contributed by atoms with Crippen LogP contribution in [-0.4, -0.2) is 23.3 Å². The zero-order valence-electron chi connectivity index (χ0n) is 9.93. The molecule has 2 heterocycles. The van der Waals surface area contributed by atoms with Crippen molar-refractivity contribution in [2.75, 3.05) is 6.61 Å². The molecule has 0 saturated heterocycles. The van der Waals surface area contributed by atoms with E-state index in [-0.39, 0.29) is 18.1 Å². The fourth-order valence-electron chi connectivity index (χ4n) is 1.41. The van der Waals surface area contributed by atoms with Crippen molar-refractivity contribution in [3.8, 4) is 10.6 Å². The van der Waals surface area contributed by atoms with Crippen LogP contribution in [0.1, 0.15) is 34.0 Å². The lowest BCUT2D eigenvalue weighted by Crippen LogP contribution is -2.09. The second kappa shape index (κ2) is 5.14. The van der Waals surface area contributed by atoms with E-state index in [1.165, 1.54) is 19.5 Å². The largest absolute Gasteiger partial charge is 0.472 e. The van der Waals surface area contributed by atoms with Gasteiger partial charge in [0.2, 0.25) is 0 Å². The smallest absolute Gasteiger partial charge is 0.358 e. The van der Waals surface area contributed by atoms with Gasteiger partial charge in [0.1, 0.15) is 16.1 Å². The van der Waals surface area contributed by atoms with E-state index < -0.39 is 5.97 Å². The summed E-state index contributed by atoms with van der Waals surface area (Å²) in [6.07, 6.45) is 3.02.